The lowest BCUT2D eigenvalue weighted by molar-refractivity contribution is 0.351. The fourth-order valence-corrected chi connectivity index (χ4v) is 2.35. The molecule has 3 nitrogen and oxygen atoms in total. The molecule has 1 saturated heterocycles. The average molecular weight is 207 g/mol. The van der Waals surface area contributed by atoms with Crippen LogP contribution in [0.1, 0.15) is 25.3 Å². The number of phenolic OH excluding ortho intramolecular Hbond substituents is 1. The molecule has 1 fully saturated rings. The zero-order valence-electron chi connectivity index (χ0n) is 9.21. The molecule has 82 valence electrons. The van der Waals surface area contributed by atoms with Crippen molar-refractivity contribution in [2.24, 2.45) is 0 Å². The SMILES string of the molecule is COc1cccc(O)c1C1(C)CCCN1. The summed E-state index contributed by atoms with van der Waals surface area (Å²) in [5, 5.41) is 13.4. The van der Waals surface area contributed by atoms with E-state index in [1.54, 1.807) is 19.2 Å². The maximum absolute atomic E-state index is 9.93. The van der Waals surface area contributed by atoms with Gasteiger partial charge in [-0.2, -0.15) is 0 Å². The Kier molecular flexibility index (Phi) is 2.57. The molecule has 1 aromatic carbocycles. The van der Waals surface area contributed by atoms with Crippen molar-refractivity contribution in [1.82, 2.24) is 5.32 Å². The normalized spacial score (nSPS) is 25.5. The summed E-state index contributed by atoms with van der Waals surface area (Å²) in [6.45, 7) is 3.10. The van der Waals surface area contributed by atoms with Crippen LogP contribution in [0.4, 0.5) is 0 Å². The van der Waals surface area contributed by atoms with Crippen molar-refractivity contribution in [2.75, 3.05) is 13.7 Å². The fourth-order valence-electron chi connectivity index (χ4n) is 2.35. The van der Waals surface area contributed by atoms with Crippen LogP contribution in [0.5, 0.6) is 11.5 Å². The smallest absolute Gasteiger partial charge is 0.127 e. The molecule has 0 bridgehead atoms. The number of aromatic hydroxyl groups is 1. The summed E-state index contributed by atoms with van der Waals surface area (Å²) in [5.41, 5.74) is 0.724. The molecule has 0 radical (unpaired) electrons. The maximum atomic E-state index is 9.93. The first kappa shape index (κ1) is 10.3. The highest BCUT2D eigenvalue weighted by Gasteiger charge is 2.34. The summed E-state index contributed by atoms with van der Waals surface area (Å²) >= 11 is 0. The van der Waals surface area contributed by atoms with Crippen molar-refractivity contribution in [3.05, 3.63) is 23.8 Å². The number of hydrogen-bond acceptors (Lipinski definition) is 3. The van der Waals surface area contributed by atoms with Gasteiger partial charge >= 0.3 is 0 Å². The lowest BCUT2D eigenvalue weighted by Crippen LogP contribution is -2.33. The second kappa shape index (κ2) is 3.74. The minimum absolute atomic E-state index is 0.156. The van der Waals surface area contributed by atoms with Crippen LogP contribution in [0, 0.1) is 0 Å². The minimum atomic E-state index is -0.156. The molecule has 0 spiro atoms. The third-order valence-electron chi connectivity index (χ3n) is 3.14. The molecule has 3 heteroatoms. The lowest BCUT2D eigenvalue weighted by Gasteiger charge is -2.27. The van der Waals surface area contributed by atoms with E-state index in [1.165, 1.54) is 0 Å². The predicted octanol–water partition coefficient (Wildman–Crippen LogP) is 2.00. The first-order valence-electron chi connectivity index (χ1n) is 5.29. The summed E-state index contributed by atoms with van der Waals surface area (Å²) in [7, 11) is 1.64. The molecular formula is C12H17NO2. The standard InChI is InChI=1S/C12H17NO2/c1-12(7-4-8-13-12)11-9(14)5-3-6-10(11)15-2/h3,5-6,13-14H,4,7-8H2,1-2H3. The van der Waals surface area contributed by atoms with Gasteiger partial charge in [-0.3, -0.25) is 0 Å². The molecule has 0 saturated carbocycles. The summed E-state index contributed by atoms with van der Waals surface area (Å²) in [6.07, 6.45) is 2.16. The van der Waals surface area contributed by atoms with Crippen molar-refractivity contribution in [1.29, 1.82) is 0 Å². The third kappa shape index (κ3) is 1.67. The molecular weight excluding hydrogens is 190 g/mol. The Bertz CT molecular complexity index is 357. The largest absolute Gasteiger partial charge is 0.507 e. The molecule has 1 aromatic rings. The average Bonchev–Trinajstić information content (AvgIpc) is 2.65. The fraction of sp³-hybridized carbons (Fsp3) is 0.500. The van der Waals surface area contributed by atoms with Crippen molar-refractivity contribution >= 4 is 0 Å². The molecule has 1 unspecified atom stereocenters. The van der Waals surface area contributed by atoms with Gasteiger partial charge in [0.25, 0.3) is 0 Å². The van der Waals surface area contributed by atoms with Crippen molar-refractivity contribution in [2.45, 2.75) is 25.3 Å². The Morgan fingerprint density at radius 1 is 1.47 bits per heavy atom. The van der Waals surface area contributed by atoms with Gasteiger partial charge in [0.15, 0.2) is 0 Å². The minimum Gasteiger partial charge on any atom is -0.507 e. The first-order valence-corrected chi connectivity index (χ1v) is 5.29. The molecule has 0 aliphatic carbocycles. The van der Waals surface area contributed by atoms with Crippen LogP contribution in [0.2, 0.25) is 0 Å². The number of phenols is 1. The number of nitrogens with one attached hydrogen (secondary N) is 1. The van der Waals surface area contributed by atoms with E-state index in [0.29, 0.717) is 5.75 Å². The lowest BCUT2D eigenvalue weighted by atomic mass is 9.89. The summed E-state index contributed by atoms with van der Waals surface area (Å²) in [6, 6.07) is 5.40. The van der Waals surface area contributed by atoms with Crippen LogP contribution >= 0.6 is 0 Å². The van der Waals surface area contributed by atoms with Gasteiger partial charge in [0, 0.05) is 5.54 Å². The highest BCUT2D eigenvalue weighted by Crippen LogP contribution is 2.41. The number of benzene rings is 1. The molecule has 0 aromatic heterocycles. The van der Waals surface area contributed by atoms with Crippen LogP contribution in [0.3, 0.4) is 0 Å². The number of rotatable bonds is 2. The van der Waals surface area contributed by atoms with Gasteiger partial charge in [0.1, 0.15) is 11.5 Å². The highest BCUT2D eigenvalue weighted by molar-refractivity contribution is 5.48. The number of hydrogen-bond donors (Lipinski definition) is 2. The van der Waals surface area contributed by atoms with E-state index in [-0.39, 0.29) is 5.54 Å². The summed E-state index contributed by atoms with van der Waals surface area (Å²) in [5.74, 6) is 1.07. The third-order valence-corrected chi connectivity index (χ3v) is 3.14. The number of ether oxygens (including phenoxy) is 1. The molecule has 0 amide bonds. The Morgan fingerprint density at radius 2 is 2.27 bits per heavy atom. The molecule has 1 aliphatic rings. The Hall–Kier alpha value is -1.22. The second-order valence-corrected chi connectivity index (χ2v) is 4.22. The second-order valence-electron chi connectivity index (χ2n) is 4.22. The molecule has 2 rings (SSSR count). The predicted molar refractivity (Wildman–Crippen MR) is 59.2 cm³/mol. The van der Waals surface area contributed by atoms with Crippen LogP contribution in [0.25, 0.3) is 0 Å². The quantitative estimate of drug-likeness (QED) is 0.779. The topological polar surface area (TPSA) is 41.5 Å². The Balaban J connectivity index is 2.49. The van der Waals surface area contributed by atoms with Gasteiger partial charge in [-0.05, 0) is 38.4 Å². The molecule has 2 N–H and O–H groups in total. The van der Waals surface area contributed by atoms with Gasteiger partial charge in [0.2, 0.25) is 0 Å². The van der Waals surface area contributed by atoms with Gasteiger partial charge in [0.05, 0.1) is 12.7 Å². The van der Waals surface area contributed by atoms with Crippen LogP contribution in [-0.4, -0.2) is 18.8 Å². The van der Waals surface area contributed by atoms with E-state index in [0.717, 1.165) is 30.7 Å². The van der Waals surface area contributed by atoms with Gasteiger partial charge in [-0.15, -0.1) is 0 Å². The van der Waals surface area contributed by atoms with E-state index in [1.807, 2.05) is 6.07 Å². The van der Waals surface area contributed by atoms with Crippen LogP contribution in [-0.2, 0) is 5.54 Å². The zero-order chi connectivity index (χ0) is 10.9. The van der Waals surface area contributed by atoms with Gasteiger partial charge in [-0.1, -0.05) is 6.07 Å². The summed E-state index contributed by atoms with van der Waals surface area (Å²) < 4.78 is 5.30. The molecule has 1 aliphatic heterocycles. The first-order chi connectivity index (χ1) is 7.17. The van der Waals surface area contributed by atoms with Crippen molar-refractivity contribution in [3.8, 4) is 11.5 Å². The Morgan fingerprint density at radius 3 is 2.87 bits per heavy atom. The van der Waals surface area contributed by atoms with Gasteiger partial charge < -0.3 is 15.2 Å². The number of methoxy groups -OCH3 is 1. The molecule has 15 heavy (non-hydrogen) atoms. The maximum Gasteiger partial charge on any atom is 0.127 e. The monoisotopic (exact) mass is 207 g/mol. The molecule has 1 atom stereocenters. The van der Waals surface area contributed by atoms with Crippen molar-refractivity contribution < 1.29 is 9.84 Å². The van der Waals surface area contributed by atoms with Gasteiger partial charge in [-0.25, -0.2) is 0 Å². The van der Waals surface area contributed by atoms with E-state index in [4.69, 9.17) is 4.74 Å². The van der Waals surface area contributed by atoms with E-state index in [2.05, 4.69) is 12.2 Å². The van der Waals surface area contributed by atoms with E-state index < -0.39 is 0 Å². The Labute approximate surface area is 90.1 Å². The van der Waals surface area contributed by atoms with E-state index >= 15 is 0 Å². The van der Waals surface area contributed by atoms with Crippen LogP contribution < -0.4 is 10.1 Å². The highest BCUT2D eigenvalue weighted by atomic mass is 16.5. The van der Waals surface area contributed by atoms with Crippen LogP contribution in [0.15, 0.2) is 18.2 Å². The summed E-state index contributed by atoms with van der Waals surface area (Å²) in [4.78, 5) is 0. The van der Waals surface area contributed by atoms with E-state index in [9.17, 15) is 5.11 Å². The zero-order valence-corrected chi connectivity index (χ0v) is 9.21. The molecule has 1 heterocycles. The van der Waals surface area contributed by atoms with Crippen molar-refractivity contribution in [3.63, 3.8) is 0 Å².